The van der Waals surface area contributed by atoms with E-state index >= 15 is 0 Å². The molecule has 2 N–H and O–H groups in total. The van der Waals surface area contributed by atoms with Gasteiger partial charge in [0.25, 0.3) is 0 Å². The Morgan fingerprint density at radius 2 is 2.00 bits per heavy atom. The van der Waals surface area contributed by atoms with E-state index in [1.54, 1.807) is 6.20 Å². The lowest BCUT2D eigenvalue weighted by Gasteiger charge is -2.31. The number of aryl methyl sites for hydroxylation is 1. The highest BCUT2D eigenvalue weighted by molar-refractivity contribution is 5.85. The standard InChI is InChI=1S/C11H21N5.ClH/c12-10-11-2-7-15(8-3-11)5-1-6-16-9-4-13-14-16;/h4,9,11H,1-3,5-8,10,12H2;1H. The molecule has 17 heavy (non-hydrogen) atoms. The minimum absolute atomic E-state index is 0. The minimum Gasteiger partial charge on any atom is -0.330 e. The first-order valence-corrected chi connectivity index (χ1v) is 6.15. The van der Waals surface area contributed by atoms with Gasteiger partial charge < -0.3 is 10.6 Å². The van der Waals surface area contributed by atoms with E-state index < -0.39 is 0 Å². The number of nitrogens with two attached hydrogens (primary N) is 1. The highest BCUT2D eigenvalue weighted by Gasteiger charge is 2.17. The predicted octanol–water partition coefficient (Wildman–Crippen LogP) is 0.761. The molecule has 1 aliphatic heterocycles. The van der Waals surface area contributed by atoms with E-state index in [1.165, 1.54) is 25.9 Å². The van der Waals surface area contributed by atoms with E-state index in [-0.39, 0.29) is 12.4 Å². The Labute approximate surface area is 109 Å². The first-order chi connectivity index (χ1) is 7.88. The van der Waals surface area contributed by atoms with Crippen molar-refractivity contribution in [1.29, 1.82) is 0 Å². The average Bonchev–Trinajstić information content (AvgIpc) is 2.83. The second-order valence-corrected chi connectivity index (χ2v) is 4.54. The Balaban J connectivity index is 0.00000144. The molecule has 1 aromatic rings. The summed E-state index contributed by atoms with van der Waals surface area (Å²) in [6.45, 7) is 5.40. The van der Waals surface area contributed by atoms with Gasteiger partial charge in [0.05, 0.1) is 6.20 Å². The van der Waals surface area contributed by atoms with Crippen LogP contribution in [0.1, 0.15) is 19.3 Å². The third-order valence-electron chi connectivity index (χ3n) is 3.37. The predicted molar refractivity (Wildman–Crippen MR) is 70.1 cm³/mol. The lowest BCUT2D eigenvalue weighted by molar-refractivity contribution is 0.182. The van der Waals surface area contributed by atoms with Crippen LogP contribution in [0.15, 0.2) is 12.4 Å². The van der Waals surface area contributed by atoms with E-state index in [2.05, 4.69) is 15.2 Å². The average molecular weight is 260 g/mol. The molecule has 2 heterocycles. The molecule has 0 spiro atoms. The monoisotopic (exact) mass is 259 g/mol. The molecular weight excluding hydrogens is 238 g/mol. The van der Waals surface area contributed by atoms with Gasteiger partial charge in [0.15, 0.2) is 0 Å². The molecule has 0 amide bonds. The number of rotatable bonds is 5. The minimum atomic E-state index is 0. The van der Waals surface area contributed by atoms with Crippen molar-refractivity contribution in [1.82, 2.24) is 19.9 Å². The Morgan fingerprint density at radius 1 is 1.24 bits per heavy atom. The molecule has 0 unspecified atom stereocenters. The van der Waals surface area contributed by atoms with E-state index in [1.807, 2.05) is 10.9 Å². The highest BCUT2D eigenvalue weighted by Crippen LogP contribution is 2.15. The summed E-state index contributed by atoms with van der Waals surface area (Å²) in [6, 6.07) is 0. The van der Waals surface area contributed by atoms with Crippen LogP contribution in [0.5, 0.6) is 0 Å². The van der Waals surface area contributed by atoms with Gasteiger partial charge in [0.2, 0.25) is 0 Å². The van der Waals surface area contributed by atoms with Crippen LogP contribution in [0.3, 0.4) is 0 Å². The maximum absolute atomic E-state index is 5.68. The Morgan fingerprint density at radius 3 is 2.59 bits per heavy atom. The fourth-order valence-electron chi connectivity index (χ4n) is 2.25. The van der Waals surface area contributed by atoms with Crippen LogP contribution in [-0.4, -0.2) is 46.1 Å². The Bertz CT molecular complexity index is 282. The normalized spacial score (nSPS) is 17.9. The van der Waals surface area contributed by atoms with E-state index in [0.717, 1.165) is 32.0 Å². The van der Waals surface area contributed by atoms with Crippen molar-refractivity contribution >= 4 is 12.4 Å². The first-order valence-electron chi connectivity index (χ1n) is 6.15. The summed E-state index contributed by atoms with van der Waals surface area (Å²) in [5.41, 5.74) is 5.68. The summed E-state index contributed by atoms with van der Waals surface area (Å²) >= 11 is 0. The zero-order chi connectivity index (χ0) is 11.2. The lowest BCUT2D eigenvalue weighted by Crippen LogP contribution is -2.36. The molecule has 0 aliphatic carbocycles. The molecule has 1 saturated heterocycles. The summed E-state index contributed by atoms with van der Waals surface area (Å²) < 4.78 is 1.90. The number of nitrogens with zero attached hydrogens (tertiary/aromatic N) is 4. The van der Waals surface area contributed by atoms with Crippen molar-refractivity contribution in [2.45, 2.75) is 25.8 Å². The molecule has 98 valence electrons. The Hall–Kier alpha value is -0.650. The van der Waals surface area contributed by atoms with Crippen LogP contribution in [0.25, 0.3) is 0 Å². The summed E-state index contributed by atoms with van der Waals surface area (Å²) in [7, 11) is 0. The third-order valence-corrected chi connectivity index (χ3v) is 3.37. The Kier molecular flexibility index (Phi) is 6.47. The summed E-state index contributed by atoms with van der Waals surface area (Å²) in [5.74, 6) is 0.756. The number of halogens is 1. The summed E-state index contributed by atoms with van der Waals surface area (Å²) in [4.78, 5) is 2.53. The van der Waals surface area contributed by atoms with Gasteiger partial charge in [-0.05, 0) is 51.4 Å². The summed E-state index contributed by atoms with van der Waals surface area (Å²) in [6.07, 6.45) is 7.32. The molecule has 6 heteroatoms. The topological polar surface area (TPSA) is 60.0 Å². The number of hydrogen-bond acceptors (Lipinski definition) is 4. The van der Waals surface area contributed by atoms with Gasteiger partial charge in [-0.2, -0.15) is 0 Å². The second-order valence-electron chi connectivity index (χ2n) is 4.54. The molecule has 0 radical (unpaired) electrons. The molecule has 1 aliphatic rings. The number of aromatic nitrogens is 3. The van der Waals surface area contributed by atoms with Gasteiger partial charge in [-0.15, -0.1) is 17.5 Å². The largest absolute Gasteiger partial charge is 0.330 e. The van der Waals surface area contributed by atoms with Gasteiger partial charge in [-0.1, -0.05) is 5.21 Å². The molecule has 2 rings (SSSR count). The van der Waals surface area contributed by atoms with E-state index in [4.69, 9.17) is 5.73 Å². The van der Waals surface area contributed by atoms with Crippen molar-refractivity contribution in [3.8, 4) is 0 Å². The smallest absolute Gasteiger partial charge is 0.0692 e. The van der Waals surface area contributed by atoms with Crippen molar-refractivity contribution < 1.29 is 0 Å². The van der Waals surface area contributed by atoms with Crippen LogP contribution in [-0.2, 0) is 6.54 Å². The molecule has 0 aromatic carbocycles. The second kappa shape index (κ2) is 7.63. The van der Waals surface area contributed by atoms with Gasteiger partial charge in [-0.3, -0.25) is 4.68 Å². The maximum atomic E-state index is 5.68. The van der Waals surface area contributed by atoms with Gasteiger partial charge >= 0.3 is 0 Å². The third kappa shape index (κ3) is 4.61. The highest BCUT2D eigenvalue weighted by atomic mass is 35.5. The van der Waals surface area contributed by atoms with Crippen molar-refractivity contribution in [3.63, 3.8) is 0 Å². The molecular formula is C11H22ClN5. The molecule has 5 nitrogen and oxygen atoms in total. The SMILES string of the molecule is Cl.NCC1CCN(CCCn2ccnn2)CC1. The molecule has 1 fully saturated rings. The zero-order valence-corrected chi connectivity index (χ0v) is 11.0. The van der Waals surface area contributed by atoms with Crippen molar-refractivity contribution in [2.24, 2.45) is 11.7 Å². The van der Waals surface area contributed by atoms with Crippen LogP contribution in [0, 0.1) is 5.92 Å². The van der Waals surface area contributed by atoms with Gasteiger partial charge in [-0.25, -0.2) is 0 Å². The fraction of sp³-hybridized carbons (Fsp3) is 0.818. The number of piperidine rings is 1. The van der Waals surface area contributed by atoms with E-state index in [9.17, 15) is 0 Å². The van der Waals surface area contributed by atoms with Crippen LogP contribution >= 0.6 is 12.4 Å². The fourth-order valence-corrected chi connectivity index (χ4v) is 2.25. The number of likely N-dealkylation sites (tertiary alicyclic amines) is 1. The van der Waals surface area contributed by atoms with Gasteiger partial charge in [0.1, 0.15) is 0 Å². The summed E-state index contributed by atoms with van der Waals surface area (Å²) in [5, 5.41) is 7.75. The van der Waals surface area contributed by atoms with Crippen LogP contribution in [0.2, 0.25) is 0 Å². The molecule has 0 bridgehead atoms. The van der Waals surface area contributed by atoms with Crippen molar-refractivity contribution in [2.75, 3.05) is 26.2 Å². The lowest BCUT2D eigenvalue weighted by atomic mass is 9.97. The molecule has 1 aromatic heterocycles. The van der Waals surface area contributed by atoms with Crippen LogP contribution < -0.4 is 5.73 Å². The first kappa shape index (κ1) is 14.4. The maximum Gasteiger partial charge on any atom is 0.0692 e. The molecule has 0 saturated carbocycles. The van der Waals surface area contributed by atoms with Crippen molar-refractivity contribution in [3.05, 3.63) is 12.4 Å². The quantitative estimate of drug-likeness (QED) is 0.848. The zero-order valence-electron chi connectivity index (χ0n) is 10.2. The molecule has 0 atom stereocenters. The number of hydrogen-bond donors (Lipinski definition) is 1. The van der Waals surface area contributed by atoms with E-state index in [0.29, 0.717) is 0 Å². The van der Waals surface area contributed by atoms with Gasteiger partial charge in [0, 0.05) is 12.7 Å². The van der Waals surface area contributed by atoms with Crippen LogP contribution in [0.4, 0.5) is 0 Å².